The Kier molecular flexibility index (Phi) is 2.36. The van der Waals surface area contributed by atoms with Gasteiger partial charge in [-0.05, 0) is 13.8 Å². The molecule has 0 unspecified atom stereocenters. The van der Waals surface area contributed by atoms with Crippen molar-refractivity contribution in [1.29, 1.82) is 0 Å². The van der Waals surface area contributed by atoms with Gasteiger partial charge >= 0.3 is 0 Å². The van der Waals surface area contributed by atoms with Crippen molar-refractivity contribution >= 4 is 11.7 Å². The molecule has 72 valence electrons. The lowest BCUT2D eigenvalue weighted by molar-refractivity contribution is -0.125. The zero-order chi connectivity index (χ0) is 10.1. The second kappa shape index (κ2) is 3.16. The molecule has 1 aromatic heterocycles. The Morgan fingerprint density at radius 1 is 1.69 bits per heavy atom. The molecular formula is C8H12FN3O. The molecule has 0 saturated carbocycles. The molecule has 0 saturated heterocycles. The molecule has 0 aromatic carbocycles. The number of alkyl halides is 1. The zero-order valence-corrected chi connectivity index (χ0v) is 7.84. The van der Waals surface area contributed by atoms with Crippen molar-refractivity contribution < 1.29 is 9.18 Å². The highest BCUT2D eigenvalue weighted by atomic mass is 19.1. The molecule has 13 heavy (non-hydrogen) atoms. The summed E-state index contributed by atoms with van der Waals surface area (Å²) in [7, 11) is 1.67. The number of nitrogens with zero attached hydrogens (tertiary/aromatic N) is 2. The van der Waals surface area contributed by atoms with Crippen molar-refractivity contribution in [2.75, 3.05) is 5.32 Å². The smallest absolute Gasteiger partial charge is 0.262 e. The van der Waals surface area contributed by atoms with Gasteiger partial charge in [-0.15, -0.1) is 0 Å². The molecular weight excluding hydrogens is 173 g/mol. The van der Waals surface area contributed by atoms with Crippen molar-refractivity contribution in [1.82, 2.24) is 9.78 Å². The second-order valence-corrected chi connectivity index (χ2v) is 3.27. The molecule has 0 spiro atoms. The monoisotopic (exact) mass is 185 g/mol. The Morgan fingerprint density at radius 2 is 2.31 bits per heavy atom. The van der Waals surface area contributed by atoms with Crippen molar-refractivity contribution in [3.05, 3.63) is 12.3 Å². The molecule has 5 heteroatoms. The van der Waals surface area contributed by atoms with E-state index in [-0.39, 0.29) is 0 Å². The van der Waals surface area contributed by atoms with E-state index < -0.39 is 11.6 Å². The minimum atomic E-state index is -1.87. The molecule has 1 heterocycles. The molecule has 0 aliphatic rings. The van der Waals surface area contributed by atoms with Gasteiger partial charge in [-0.2, -0.15) is 5.10 Å². The number of carbonyl (C=O) groups is 1. The van der Waals surface area contributed by atoms with Crippen LogP contribution in [0.25, 0.3) is 0 Å². The number of nitrogens with one attached hydrogen (secondary N) is 1. The second-order valence-electron chi connectivity index (χ2n) is 3.27. The molecule has 1 rings (SSSR count). The van der Waals surface area contributed by atoms with E-state index in [2.05, 4.69) is 10.4 Å². The maximum Gasteiger partial charge on any atom is 0.262 e. The largest absolute Gasteiger partial charge is 0.308 e. The average Bonchev–Trinajstić information content (AvgIpc) is 2.34. The van der Waals surface area contributed by atoms with Crippen LogP contribution in [0.2, 0.25) is 0 Å². The molecule has 1 aromatic rings. The zero-order valence-electron chi connectivity index (χ0n) is 7.84. The molecule has 1 amide bonds. The van der Waals surface area contributed by atoms with E-state index in [4.69, 9.17) is 0 Å². The van der Waals surface area contributed by atoms with Crippen LogP contribution in [0.5, 0.6) is 0 Å². The Labute approximate surface area is 75.7 Å². The van der Waals surface area contributed by atoms with Crippen molar-refractivity contribution in [2.45, 2.75) is 19.5 Å². The molecule has 0 aliphatic carbocycles. The lowest BCUT2D eigenvalue weighted by Crippen LogP contribution is -2.33. The first-order chi connectivity index (χ1) is 5.91. The minimum Gasteiger partial charge on any atom is -0.308 e. The highest BCUT2D eigenvalue weighted by Crippen LogP contribution is 2.12. The van der Waals surface area contributed by atoms with Crippen molar-refractivity contribution in [3.8, 4) is 0 Å². The van der Waals surface area contributed by atoms with Gasteiger partial charge in [-0.1, -0.05) is 0 Å². The van der Waals surface area contributed by atoms with Gasteiger partial charge in [0.2, 0.25) is 0 Å². The summed E-state index contributed by atoms with van der Waals surface area (Å²) in [6.45, 7) is 2.41. The normalized spacial score (nSPS) is 11.4. The highest BCUT2D eigenvalue weighted by Gasteiger charge is 2.26. The van der Waals surface area contributed by atoms with Gasteiger partial charge in [0.25, 0.3) is 5.91 Å². The average molecular weight is 185 g/mol. The standard InChI is InChI=1S/C8H12FN3O/c1-8(2,9)7(13)11-6-4-5-10-12(6)3/h4-5H,1-3H3,(H,11,13). The Hall–Kier alpha value is -1.39. The quantitative estimate of drug-likeness (QED) is 0.750. The fraction of sp³-hybridized carbons (Fsp3) is 0.500. The lowest BCUT2D eigenvalue weighted by Gasteiger charge is -2.13. The van der Waals surface area contributed by atoms with Crippen LogP contribution in [0.1, 0.15) is 13.8 Å². The van der Waals surface area contributed by atoms with Crippen LogP contribution in [0.3, 0.4) is 0 Å². The Bertz CT molecular complexity index is 313. The van der Waals surface area contributed by atoms with Gasteiger partial charge in [0.1, 0.15) is 5.82 Å². The van der Waals surface area contributed by atoms with Gasteiger partial charge in [0.15, 0.2) is 5.67 Å². The van der Waals surface area contributed by atoms with E-state index in [0.717, 1.165) is 0 Å². The van der Waals surface area contributed by atoms with E-state index >= 15 is 0 Å². The topological polar surface area (TPSA) is 46.9 Å². The number of hydrogen-bond donors (Lipinski definition) is 1. The van der Waals surface area contributed by atoms with Gasteiger partial charge in [-0.3, -0.25) is 9.48 Å². The molecule has 4 nitrogen and oxygen atoms in total. The summed E-state index contributed by atoms with van der Waals surface area (Å²) in [4.78, 5) is 11.2. The van der Waals surface area contributed by atoms with Gasteiger partial charge in [0, 0.05) is 13.1 Å². The summed E-state index contributed by atoms with van der Waals surface area (Å²) in [5.74, 6) is -0.188. The SMILES string of the molecule is Cn1nccc1NC(=O)C(C)(C)F. The molecule has 1 N–H and O–H groups in total. The van der Waals surface area contributed by atoms with Gasteiger partial charge in [0.05, 0.1) is 6.20 Å². The predicted molar refractivity (Wildman–Crippen MR) is 47.0 cm³/mol. The summed E-state index contributed by atoms with van der Waals surface area (Å²) >= 11 is 0. The van der Waals surface area contributed by atoms with E-state index in [1.54, 1.807) is 13.1 Å². The first kappa shape index (κ1) is 9.70. The number of rotatable bonds is 2. The highest BCUT2D eigenvalue weighted by molar-refractivity contribution is 5.95. The number of hydrogen-bond acceptors (Lipinski definition) is 2. The predicted octanol–water partition coefficient (Wildman–Crippen LogP) is 1.11. The summed E-state index contributed by atoms with van der Waals surface area (Å²) in [5, 5.41) is 6.25. The number of anilines is 1. The Morgan fingerprint density at radius 3 is 2.69 bits per heavy atom. The lowest BCUT2D eigenvalue weighted by atomic mass is 10.1. The first-order valence-corrected chi connectivity index (χ1v) is 3.89. The van der Waals surface area contributed by atoms with Gasteiger partial charge < -0.3 is 5.32 Å². The third-order valence-corrected chi connectivity index (χ3v) is 1.60. The Balaban J connectivity index is 2.71. The van der Waals surface area contributed by atoms with Crippen LogP contribution < -0.4 is 5.32 Å². The maximum absolute atomic E-state index is 13.1. The number of aromatic nitrogens is 2. The van der Waals surface area contributed by atoms with Crippen LogP contribution >= 0.6 is 0 Å². The number of aryl methyl sites for hydroxylation is 1. The summed E-state index contributed by atoms with van der Waals surface area (Å²) in [6.07, 6.45) is 1.53. The van der Waals surface area contributed by atoms with Crippen LogP contribution in [-0.2, 0) is 11.8 Å². The van der Waals surface area contributed by atoms with E-state index in [0.29, 0.717) is 5.82 Å². The molecule has 0 radical (unpaired) electrons. The van der Waals surface area contributed by atoms with Crippen LogP contribution in [0.4, 0.5) is 10.2 Å². The summed E-state index contributed by atoms with van der Waals surface area (Å²) in [5.41, 5.74) is -1.87. The van der Waals surface area contributed by atoms with Crippen LogP contribution in [-0.4, -0.2) is 21.4 Å². The maximum atomic E-state index is 13.1. The summed E-state index contributed by atoms with van der Waals surface area (Å²) < 4.78 is 14.5. The number of carbonyl (C=O) groups excluding carboxylic acids is 1. The molecule has 0 bridgehead atoms. The first-order valence-electron chi connectivity index (χ1n) is 3.89. The van der Waals surface area contributed by atoms with E-state index in [9.17, 15) is 9.18 Å². The third-order valence-electron chi connectivity index (χ3n) is 1.60. The van der Waals surface area contributed by atoms with E-state index in [1.165, 1.54) is 24.7 Å². The fourth-order valence-corrected chi connectivity index (χ4v) is 0.762. The van der Waals surface area contributed by atoms with Crippen LogP contribution in [0.15, 0.2) is 12.3 Å². The van der Waals surface area contributed by atoms with Crippen molar-refractivity contribution in [3.63, 3.8) is 0 Å². The number of amides is 1. The van der Waals surface area contributed by atoms with Crippen LogP contribution in [0, 0.1) is 0 Å². The molecule has 0 aliphatic heterocycles. The van der Waals surface area contributed by atoms with Gasteiger partial charge in [-0.25, -0.2) is 4.39 Å². The minimum absolute atomic E-state index is 0.482. The number of halogens is 1. The summed E-state index contributed by atoms with van der Waals surface area (Å²) in [6, 6.07) is 1.60. The third kappa shape index (κ3) is 2.27. The van der Waals surface area contributed by atoms with E-state index in [1.807, 2.05) is 0 Å². The van der Waals surface area contributed by atoms with Crippen molar-refractivity contribution in [2.24, 2.45) is 7.05 Å². The molecule has 0 fully saturated rings. The fourth-order valence-electron chi connectivity index (χ4n) is 0.762. The molecule has 0 atom stereocenters.